The van der Waals surface area contributed by atoms with Gasteiger partial charge >= 0.3 is 0 Å². The van der Waals surface area contributed by atoms with E-state index in [1.807, 2.05) is 12.2 Å². The minimum atomic E-state index is 1.06. The fourth-order valence-electron chi connectivity index (χ4n) is 8.17. The minimum Gasteiger partial charge on any atom is -0.0984 e. The molecule has 278 valence electrons. The van der Waals surface area contributed by atoms with Crippen molar-refractivity contribution in [3.8, 4) is 0 Å². The first-order valence-corrected chi connectivity index (χ1v) is 20.0. The third kappa shape index (κ3) is 7.49. The van der Waals surface area contributed by atoms with Crippen LogP contribution in [0.25, 0.3) is 57.4 Å². The van der Waals surface area contributed by atoms with Crippen molar-refractivity contribution in [2.45, 2.75) is 13.8 Å². The predicted molar refractivity (Wildman–Crippen MR) is 256 cm³/mol. The van der Waals surface area contributed by atoms with E-state index in [-0.39, 0.29) is 0 Å². The summed E-state index contributed by atoms with van der Waals surface area (Å²) in [5, 5.41) is 2.43. The van der Waals surface area contributed by atoms with E-state index in [4.69, 9.17) is 0 Å². The molecule has 0 unspecified atom stereocenters. The molecule has 0 saturated heterocycles. The topological polar surface area (TPSA) is 0 Å². The summed E-state index contributed by atoms with van der Waals surface area (Å²) in [6.07, 6.45) is 41.1. The summed E-state index contributed by atoms with van der Waals surface area (Å²) in [5.74, 6) is 0. The van der Waals surface area contributed by atoms with Crippen LogP contribution in [0.5, 0.6) is 0 Å². The minimum absolute atomic E-state index is 1.06. The fourth-order valence-corrected chi connectivity index (χ4v) is 8.17. The first-order chi connectivity index (χ1) is 28.6. The zero-order chi connectivity index (χ0) is 39.8. The molecule has 3 aliphatic carbocycles. The molecule has 0 aromatic heterocycles. The van der Waals surface area contributed by atoms with E-state index in [0.717, 1.165) is 44.5 Å². The smallest absolute Gasteiger partial charge is 0.00139 e. The summed E-state index contributed by atoms with van der Waals surface area (Å²) >= 11 is 0. The number of rotatable bonds is 6. The second-order valence-corrected chi connectivity index (χ2v) is 14.4. The van der Waals surface area contributed by atoms with Gasteiger partial charge in [0.25, 0.3) is 0 Å². The molecular formula is C58H46. The molecule has 8 rings (SSSR count). The molecule has 0 amide bonds. The summed E-state index contributed by atoms with van der Waals surface area (Å²) in [6, 6.07) is 37.6. The van der Waals surface area contributed by atoms with Gasteiger partial charge in [-0.1, -0.05) is 220 Å². The zero-order valence-corrected chi connectivity index (χ0v) is 33.2. The molecule has 0 spiro atoms. The van der Waals surface area contributed by atoms with Gasteiger partial charge in [-0.05, 0) is 126 Å². The van der Waals surface area contributed by atoms with Gasteiger partial charge in [0.1, 0.15) is 0 Å². The lowest BCUT2D eigenvalue weighted by Crippen LogP contribution is -1.98. The molecule has 0 fully saturated rings. The van der Waals surface area contributed by atoms with Gasteiger partial charge in [0.2, 0.25) is 0 Å². The molecule has 0 heteroatoms. The second-order valence-electron chi connectivity index (χ2n) is 14.4. The van der Waals surface area contributed by atoms with Crippen LogP contribution >= 0.6 is 0 Å². The molecule has 0 aliphatic heterocycles. The quantitative estimate of drug-likeness (QED) is 0.163. The van der Waals surface area contributed by atoms with Gasteiger partial charge in [-0.3, -0.25) is 0 Å². The molecule has 0 N–H and O–H groups in total. The molecule has 5 aromatic rings. The van der Waals surface area contributed by atoms with Crippen LogP contribution in [0.2, 0.25) is 0 Å². The van der Waals surface area contributed by atoms with Gasteiger partial charge in [-0.25, -0.2) is 0 Å². The van der Waals surface area contributed by atoms with Crippen molar-refractivity contribution in [1.82, 2.24) is 0 Å². The third-order valence-electron chi connectivity index (χ3n) is 10.9. The van der Waals surface area contributed by atoms with E-state index in [0.29, 0.717) is 0 Å². The van der Waals surface area contributed by atoms with Crippen LogP contribution in [0.4, 0.5) is 0 Å². The maximum absolute atomic E-state index is 4.21. The molecule has 0 saturated carbocycles. The second kappa shape index (κ2) is 17.2. The van der Waals surface area contributed by atoms with Crippen LogP contribution in [0.15, 0.2) is 224 Å². The normalized spacial score (nSPS) is 23.2. The van der Waals surface area contributed by atoms with E-state index in [1.54, 1.807) is 0 Å². The lowest BCUT2D eigenvalue weighted by atomic mass is 9.84. The van der Waals surface area contributed by atoms with Gasteiger partial charge in [-0.2, -0.15) is 0 Å². The summed E-state index contributed by atoms with van der Waals surface area (Å²) in [7, 11) is 0. The van der Waals surface area contributed by atoms with Crippen molar-refractivity contribution in [2.75, 3.05) is 0 Å². The molecule has 0 nitrogen and oxygen atoms in total. The van der Waals surface area contributed by atoms with Crippen molar-refractivity contribution < 1.29 is 0 Å². The van der Waals surface area contributed by atoms with Crippen LogP contribution in [0.1, 0.15) is 63.9 Å². The first kappa shape index (κ1) is 37.6. The molecule has 3 aliphatic rings. The Morgan fingerprint density at radius 3 is 2.00 bits per heavy atom. The van der Waals surface area contributed by atoms with Crippen molar-refractivity contribution in [2.24, 2.45) is 0 Å². The van der Waals surface area contributed by atoms with Crippen molar-refractivity contribution in [3.05, 3.63) is 274 Å². The van der Waals surface area contributed by atoms with Crippen molar-refractivity contribution in [1.29, 1.82) is 0 Å². The van der Waals surface area contributed by atoms with Crippen LogP contribution < -0.4 is 0 Å². The van der Waals surface area contributed by atoms with Crippen molar-refractivity contribution in [3.63, 3.8) is 0 Å². The number of fused-ring (bicyclic) bond motifs is 5. The zero-order valence-electron chi connectivity index (χ0n) is 33.2. The molecule has 0 radical (unpaired) electrons. The SMILES string of the molecule is C=CC1=C(\C=C/C)/C=C/C=C2C(=C(\c3ccc4ccccc4c3)c3ccccc3/C=C\1)\C1=C\C=C\C=C\C=C(c3ccc(C=C)c(/C=C\C)c3)/C=C\c3cccc\2c31. The highest BCUT2D eigenvalue weighted by molar-refractivity contribution is 6.18. The standard InChI is InChI=1S/C58H46/c1-5-19-43-25-17-30-54-53-29-18-26-47-36-33-45(50-37-32-42(8-4)48(39-50)20-6-2)21-11-9-10-12-28-55(56(47)53)58(54)57(51-38-34-44-22-13-14-24-49(44)40-51)52-27-16-15-23-46(52)35-31-41(43)7-3/h5-40H,3-4H2,1-2H3/b10-9?,11-9+,12-10+,19-5-,20-6-,21-11?,25-17+,28-12?,30-17?,35-31-,36-33-,41-31?,43-25?,43-41-,45-21+,45-33?,46-35?,47-36?,54-30-,55-28+,57-52?,58-57+. The van der Waals surface area contributed by atoms with Gasteiger partial charge in [0, 0.05) is 0 Å². The molecular weight excluding hydrogens is 697 g/mol. The van der Waals surface area contributed by atoms with E-state index in [2.05, 4.69) is 233 Å². The maximum atomic E-state index is 4.21. The van der Waals surface area contributed by atoms with E-state index in [9.17, 15) is 0 Å². The van der Waals surface area contributed by atoms with Crippen LogP contribution in [-0.4, -0.2) is 0 Å². The van der Waals surface area contributed by atoms with E-state index < -0.39 is 0 Å². The van der Waals surface area contributed by atoms with Gasteiger partial charge in [0.05, 0.1) is 0 Å². The Labute approximate surface area is 344 Å². The van der Waals surface area contributed by atoms with Gasteiger partial charge < -0.3 is 0 Å². The van der Waals surface area contributed by atoms with Gasteiger partial charge in [0.15, 0.2) is 0 Å². The third-order valence-corrected chi connectivity index (χ3v) is 10.9. The largest absolute Gasteiger partial charge is 0.0984 e. The Hall–Kier alpha value is -7.28. The summed E-state index contributed by atoms with van der Waals surface area (Å²) in [5.41, 5.74) is 18.5. The summed E-state index contributed by atoms with van der Waals surface area (Å²) in [6.45, 7) is 12.4. The number of hydrogen-bond donors (Lipinski definition) is 0. The summed E-state index contributed by atoms with van der Waals surface area (Å²) < 4.78 is 0. The van der Waals surface area contributed by atoms with Crippen LogP contribution in [-0.2, 0) is 0 Å². The Bertz CT molecular complexity index is 2850. The van der Waals surface area contributed by atoms with Gasteiger partial charge in [-0.15, -0.1) is 0 Å². The fraction of sp³-hybridized carbons (Fsp3) is 0.0345. The van der Waals surface area contributed by atoms with E-state index in [1.165, 1.54) is 55.3 Å². The first-order valence-electron chi connectivity index (χ1n) is 20.0. The number of allylic oxidation sites excluding steroid dienone is 21. The molecule has 58 heavy (non-hydrogen) atoms. The number of hydrogen-bond acceptors (Lipinski definition) is 0. The Balaban J connectivity index is 1.44. The predicted octanol–water partition coefficient (Wildman–Crippen LogP) is 15.7. The number of benzene rings is 5. The maximum Gasteiger partial charge on any atom is -0.00139 e. The molecule has 0 atom stereocenters. The summed E-state index contributed by atoms with van der Waals surface area (Å²) in [4.78, 5) is 0. The highest BCUT2D eigenvalue weighted by Crippen LogP contribution is 2.52. The molecule has 0 bridgehead atoms. The molecule has 5 aromatic carbocycles. The Morgan fingerprint density at radius 2 is 1.17 bits per heavy atom. The van der Waals surface area contributed by atoms with E-state index >= 15 is 0 Å². The van der Waals surface area contributed by atoms with Crippen LogP contribution in [0, 0.1) is 0 Å². The van der Waals surface area contributed by atoms with Crippen LogP contribution in [0.3, 0.4) is 0 Å². The Morgan fingerprint density at radius 1 is 0.448 bits per heavy atom. The van der Waals surface area contributed by atoms with Crippen molar-refractivity contribution >= 4 is 57.4 Å². The highest BCUT2D eigenvalue weighted by atomic mass is 14.3. The lowest BCUT2D eigenvalue weighted by molar-refractivity contribution is 1.50. The Kier molecular flexibility index (Phi) is 11.2. The monoisotopic (exact) mass is 742 g/mol. The molecule has 0 heterocycles. The highest BCUT2D eigenvalue weighted by Gasteiger charge is 2.32. The lowest BCUT2D eigenvalue weighted by Gasteiger charge is -2.19. The average molecular weight is 743 g/mol. The average Bonchev–Trinajstić information content (AvgIpc) is 3.55.